The Morgan fingerprint density at radius 2 is 1.89 bits per heavy atom. The van der Waals surface area contributed by atoms with Gasteiger partial charge in [-0.2, -0.15) is 0 Å². The van der Waals surface area contributed by atoms with Crippen LogP contribution in [-0.4, -0.2) is 13.1 Å². The van der Waals surface area contributed by atoms with Crippen LogP contribution < -0.4 is 16.8 Å². The minimum absolute atomic E-state index is 0.694. The molecule has 0 bridgehead atoms. The van der Waals surface area contributed by atoms with Crippen LogP contribution in [0.1, 0.15) is 30.4 Å². The number of nitrogens with two attached hydrogens (primary N) is 2. The van der Waals surface area contributed by atoms with E-state index in [-0.39, 0.29) is 0 Å². The Hall–Kier alpha value is -0.970. The van der Waals surface area contributed by atoms with E-state index < -0.39 is 0 Å². The zero-order valence-corrected chi connectivity index (χ0v) is 11.6. The van der Waals surface area contributed by atoms with Crippen molar-refractivity contribution in [2.45, 2.75) is 25.8 Å². The van der Waals surface area contributed by atoms with E-state index in [0.29, 0.717) is 5.70 Å². The van der Waals surface area contributed by atoms with Gasteiger partial charge >= 0.3 is 0 Å². The Morgan fingerprint density at radius 3 is 2.50 bits per heavy atom. The topological polar surface area (TPSA) is 64.1 Å². The van der Waals surface area contributed by atoms with Crippen LogP contribution in [0.4, 0.5) is 0 Å². The first kappa shape index (κ1) is 15.1. The fourth-order valence-corrected chi connectivity index (χ4v) is 1.84. The van der Waals surface area contributed by atoms with Crippen molar-refractivity contribution in [1.82, 2.24) is 5.32 Å². The van der Waals surface area contributed by atoms with Gasteiger partial charge in [0.25, 0.3) is 0 Å². The summed E-state index contributed by atoms with van der Waals surface area (Å²) in [6.07, 6.45) is 3.50. The van der Waals surface area contributed by atoms with Gasteiger partial charge in [0.2, 0.25) is 0 Å². The molecule has 0 saturated carbocycles. The van der Waals surface area contributed by atoms with Crippen molar-refractivity contribution < 1.29 is 0 Å². The number of thiol groups is 1. The highest BCUT2D eigenvalue weighted by Crippen LogP contribution is 2.11. The van der Waals surface area contributed by atoms with Gasteiger partial charge in [0.15, 0.2) is 0 Å². The summed E-state index contributed by atoms with van der Waals surface area (Å²) in [5.74, 6) is 0. The number of benzene rings is 1. The second kappa shape index (κ2) is 9.03. The summed E-state index contributed by atoms with van der Waals surface area (Å²) in [6, 6.07) is 8.22. The highest BCUT2D eigenvalue weighted by Gasteiger charge is 1.96. The molecular formula is C14H23N3S. The molecule has 4 heteroatoms. The third-order valence-electron chi connectivity index (χ3n) is 2.81. The molecule has 18 heavy (non-hydrogen) atoms. The maximum Gasteiger partial charge on any atom is 0.0449 e. The van der Waals surface area contributed by atoms with E-state index in [4.69, 9.17) is 11.5 Å². The molecule has 0 spiro atoms. The Kier molecular flexibility index (Phi) is 7.57. The van der Waals surface area contributed by atoms with Crippen LogP contribution >= 0.6 is 12.6 Å². The van der Waals surface area contributed by atoms with Crippen molar-refractivity contribution in [1.29, 1.82) is 0 Å². The molecule has 0 fully saturated rings. The minimum atomic E-state index is 0.694. The summed E-state index contributed by atoms with van der Waals surface area (Å²) in [5.41, 5.74) is 14.2. The predicted octanol–water partition coefficient (Wildman–Crippen LogP) is 2.09. The quantitative estimate of drug-likeness (QED) is 0.430. The van der Waals surface area contributed by atoms with Crippen LogP contribution in [0.2, 0.25) is 0 Å². The average Bonchev–Trinajstić information content (AvgIpc) is 2.42. The summed E-state index contributed by atoms with van der Waals surface area (Å²) in [6.45, 7) is 2.73. The van der Waals surface area contributed by atoms with Gasteiger partial charge < -0.3 is 16.8 Å². The Labute approximate surface area is 115 Å². The first-order chi connectivity index (χ1) is 8.77. The number of hydrogen-bond donors (Lipinski definition) is 4. The van der Waals surface area contributed by atoms with E-state index in [1.165, 1.54) is 18.4 Å². The van der Waals surface area contributed by atoms with Crippen LogP contribution in [0.25, 0.3) is 5.70 Å². The highest BCUT2D eigenvalue weighted by molar-refractivity contribution is 7.83. The van der Waals surface area contributed by atoms with Gasteiger partial charge in [0, 0.05) is 12.2 Å². The molecule has 0 radical (unpaired) electrons. The fraction of sp³-hybridized carbons (Fsp3) is 0.429. The van der Waals surface area contributed by atoms with Crippen LogP contribution in [0.3, 0.4) is 0 Å². The lowest BCUT2D eigenvalue weighted by Crippen LogP contribution is -2.15. The molecule has 1 aromatic carbocycles. The van der Waals surface area contributed by atoms with E-state index in [1.54, 1.807) is 5.41 Å². The SMILES string of the molecule is NCCCCCNCc1ccc(/C(N)=C/S)cc1. The summed E-state index contributed by atoms with van der Waals surface area (Å²) >= 11 is 4.04. The summed E-state index contributed by atoms with van der Waals surface area (Å²) in [4.78, 5) is 0. The third-order valence-corrected chi connectivity index (χ3v) is 3.09. The van der Waals surface area contributed by atoms with Gasteiger partial charge in [-0.3, -0.25) is 0 Å². The molecule has 1 rings (SSSR count). The molecule has 0 heterocycles. The van der Waals surface area contributed by atoms with Crippen molar-refractivity contribution in [3.05, 3.63) is 40.8 Å². The normalized spacial score (nSPS) is 11.8. The van der Waals surface area contributed by atoms with Gasteiger partial charge in [-0.1, -0.05) is 30.7 Å². The Bertz CT molecular complexity index is 360. The van der Waals surface area contributed by atoms with E-state index in [1.807, 2.05) is 12.1 Å². The molecule has 0 aliphatic heterocycles. The maximum absolute atomic E-state index is 5.77. The lowest BCUT2D eigenvalue weighted by atomic mass is 10.1. The van der Waals surface area contributed by atoms with Crippen molar-refractivity contribution in [3.63, 3.8) is 0 Å². The number of hydrogen-bond acceptors (Lipinski definition) is 4. The van der Waals surface area contributed by atoms with Crippen molar-refractivity contribution in [2.75, 3.05) is 13.1 Å². The van der Waals surface area contributed by atoms with Gasteiger partial charge in [-0.15, -0.1) is 12.6 Å². The van der Waals surface area contributed by atoms with Gasteiger partial charge in [0.05, 0.1) is 0 Å². The molecule has 1 aromatic rings. The minimum Gasteiger partial charge on any atom is -0.398 e. The number of nitrogens with one attached hydrogen (secondary N) is 1. The highest BCUT2D eigenvalue weighted by atomic mass is 32.1. The predicted molar refractivity (Wildman–Crippen MR) is 82.2 cm³/mol. The van der Waals surface area contributed by atoms with E-state index in [2.05, 4.69) is 30.1 Å². The van der Waals surface area contributed by atoms with Crippen LogP contribution in [0.15, 0.2) is 29.7 Å². The number of rotatable bonds is 8. The monoisotopic (exact) mass is 265 g/mol. The fourth-order valence-electron chi connectivity index (χ4n) is 1.69. The maximum atomic E-state index is 5.77. The first-order valence-electron chi connectivity index (χ1n) is 6.38. The Morgan fingerprint density at radius 1 is 1.17 bits per heavy atom. The molecule has 0 saturated heterocycles. The molecule has 0 aliphatic carbocycles. The van der Waals surface area contributed by atoms with Crippen molar-refractivity contribution in [2.24, 2.45) is 11.5 Å². The molecule has 3 nitrogen and oxygen atoms in total. The summed E-state index contributed by atoms with van der Waals surface area (Å²) in [5, 5.41) is 5.04. The van der Waals surface area contributed by atoms with Gasteiger partial charge in [-0.05, 0) is 42.5 Å². The van der Waals surface area contributed by atoms with E-state index in [9.17, 15) is 0 Å². The van der Waals surface area contributed by atoms with Gasteiger partial charge in [0.1, 0.15) is 0 Å². The zero-order chi connectivity index (χ0) is 13.2. The number of unbranched alkanes of at least 4 members (excludes halogenated alkanes) is 2. The lowest BCUT2D eigenvalue weighted by molar-refractivity contribution is 0.606. The smallest absolute Gasteiger partial charge is 0.0449 e. The van der Waals surface area contributed by atoms with Crippen LogP contribution in [0.5, 0.6) is 0 Å². The van der Waals surface area contributed by atoms with Crippen LogP contribution in [-0.2, 0) is 6.54 Å². The van der Waals surface area contributed by atoms with Crippen molar-refractivity contribution in [3.8, 4) is 0 Å². The average molecular weight is 265 g/mol. The molecule has 5 N–H and O–H groups in total. The van der Waals surface area contributed by atoms with Crippen molar-refractivity contribution >= 4 is 18.3 Å². The first-order valence-corrected chi connectivity index (χ1v) is 6.89. The molecule has 0 unspecified atom stereocenters. The third kappa shape index (κ3) is 5.58. The Balaban J connectivity index is 2.27. The lowest BCUT2D eigenvalue weighted by Gasteiger charge is -2.06. The summed E-state index contributed by atoms with van der Waals surface area (Å²) in [7, 11) is 0. The zero-order valence-electron chi connectivity index (χ0n) is 10.7. The summed E-state index contributed by atoms with van der Waals surface area (Å²) < 4.78 is 0. The second-order valence-electron chi connectivity index (χ2n) is 4.31. The van der Waals surface area contributed by atoms with Gasteiger partial charge in [-0.25, -0.2) is 0 Å². The largest absolute Gasteiger partial charge is 0.398 e. The standard InChI is InChI=1S/C14H23N3S/c15-8-2-1-3-9-17-10-12-4-6-13(7-5-12)14(16)11-18/h4-7,11,17-18H,1-3,8-10,15-16H2/b14-11-. The molecule has 0 aromatic heterocycles. The molecule has 0 atom stereocenters. The van der Waals surface area contributed by atoms with Crippen LogP contribution in [0, 0.1) is 0 Å². The molecule has 0 amide bonds. The van der Waals surface area contributed by atoms with E-state index >= 15 is 0 Å². The second-order valence-corrected chi connectivity index (χ2v) is 4.57. The van der Waals surface area contributed by atoms with E-state index in [0.717, 1.165) is 31.6 Å². The molecular weight excluding hydrogens is 242 g/mol. The molecule has 0 aliphatic rings. The molecule has 100 valence electrons.